The highest BCUT2D eigenvalue weighted by atomic mass is 79.9. The molecule has 1 saturated heterocycles. The van der Waals surface area contributed by atoms with E-state index in [1.807, 2.05) is 44.2 Å². The number of rotatable bonds is 4. The van der Waals surface area contributed by atoms with Gasteiger partial charge in [-0.1, -0.05) is 28.1 Å². The first kappa shape index (κ1) is 22.1. The van der Waals surface area contributed by atoms with E-state index >= 15 is 0 Å². The van der Waals surface area contributed by atoms with E-state index < -0.39 is 21.2 Å². The van der Waals surface area contributed by atoms with Gasteiger partial charge >= 0.3 is 0 Å². The predicted octanol–water partition coefficient (Wildman–Crippen LogP) is 3.64. The van der Waals surface area contributed by atoms with Gasteiger partial charge in [0.1, 0.15) is 23.6 Å². The number of ether oxygens (including phenoxy) is 2. The van der Waals surface area contributed by atoms with Crippen molar-refractivity contribution in [2.45, 2.75) is 38.0 Å². The standard InChI is InChI=1S/C22H25BrN2O5S/c1-21(2)13-22(18-10-16(23)6-9-19(18)30-21)14-25(20(26)12-29-22)11-15-4-7-17(8-5-15)24-31(3,27)28/h4-10,24H,11-14H2,1-3H3/t22-/m0/s1. The molecule has 0 saturated carbocycles. The SMILES string of the molecule is CC1(C)C[C@]2(CN(Cc3ccc(NS(C)(=O)=O)cc3)C(=O)CO2)c2cc(Br)ccc2O1. The second-order valence-electron chi connectivity index (χ2n) is 8.78. The molecule has 31 heavy (non-hydrogen) atoms. The molecule has 0 aliphatic carbocycles. The number of anilines is 1. The Morgan fingerprint density at radius 2 is 1.87 bits per heavy atom. The summed E-state index contributed by atoms with van der Waals surface area (Å²) in [5, 5.41) is 0. The van der Waals surface area contributed by atoms with E-state index in [9.17, 15) is 13.2 Å². The third kappa shape index (κ3) is 4.88. The predicted molar refractivity (Wildman–Crippen MR) is 121 cm³/mol. The highest BCUT2D eigenvalue weighted by molar-refractivity contribution is 9.10. The molecule has 0 bridgehead atoms. The van der Waals surface area contributed by atoms with E-state index in [2.05, 4.69) is 20.7 Å². The molecule has 1 spiro atoms. The van der Waals surface area contributed by atoms with Crippen LogP contribution in [-0.2, 0) is 31.7 Å². The van der Waals surface area contributed by atoms with Crippen molar-refractivity contribution in [2.24, 2.45) is 0 Å². The smallest absolute Gasteiger partial charge is 0.249 e. The molecule has 0 radical (unpaired) electrons. The molecule has 0 aromatic heterocycles. The monoisotopic (exact) mass is 508 g/mol. The number of morpholine rings is 1. The molecule has 1 fully saturated rings. The zero-order chi connectivity index (χ0) is 22.4. The topological polar surface area (TPSA) is 84.9 Å². The van der Waals surface area contributed by atoms with E-state index in [0.29, 0.717) is 25.2 Å². The number of carbonyl (C=O) groups excluding carboxylic acids is 1. The molecular formula is C22H25BrN2O5S. The summed E-state index contributed by atoms with van der Waals surface area (Å²) in [6, 6.07) is 12.9. The Kier molecular flexibility index (Phi) is 5.56. The molecule has 166 valence electrons. The van der Waals surface area contributed by atoms with Crippen molar-refractivity contribution in [1.82, 2.24) is 4.90 Å². The molecule has 2 aromatic rings. The van der Waals surface area contributed by atoms with Gasteiger partial charge in [0.2, 0.25) is 15.9 Å². The maximum atomic E-state index is 12.7. The van der Waals surface area contributed by atoms with Crippen LogP contribution >= 0.6 is 15.9 Å². The lowest BCUT2D eigenvalue weighted by Crippen LogP contribution is -2.57. The van der Waals surface area contributed by atoms with Crippen molar-refractivity contribution in [3.05, 3.63) is 58.1 Å². The number of nitrogens with one attached hydrogen (secondary N) is 1. The number of hydrogen-bond donors (Lipinski definition) is 1. The second-order valence-corrected chi connectivity index (χ2v) is 11.4. The third-order valence-corrected chi connectivity index (χ3v) is 6.53. The summed E-state index contributed by atoms with van der Waals surface area (Å²) >= 11 is 3.54. The van der Waals surface area contributed by atoms with Crippen LogP contribution in [0.5, 0.6) is 5.75 Å². The Labute approximate surface area is 190 Å². The van der Waals surface area contributed by atoms with Gasteiger partial charge in [-0.2, -0.15) is 0 Å². The minimum absolute atomic E-state index is 0.00422. The lowest BCUT2D eigenvalue weighted by Gasteiger charge is -2.50. The van der Waals surface area contributed by atoms with Crippen LogP contribution in [0.1, 0.15) is 31.4 Å². The number of benzene rings is 2. The van der Waals surface area contributed by atoms with E-state index in [1.165, 1.54) is 0 Å². The van der Waals surface area contributed by atoms with Crippen molar-refractivity contribution >= 4 is 37.5 Å². The van der Waals surface area contributed by atoms with Gasteiger partial charge in [0, 0.05) is 28.7 Å². The van der Waals surface area contributed by atoms with Crippen molar-refractivity contribution in [3.63, 3.8) is 0 Å². The zero-order valence-corrected chi connectivity index (χ0v) is 20.0. The maximum absolute atomic E-state index is 12.7. The van der Waals surface area contributed by atoms with Crippen molar-refractivity contribution in [2.75, 3.05) is 24.1 Å². The molecule has 2 aliphatic heterocycles. The molecule has 1 N–H and O–H groups in total. The van der Waals surface area contributed by atoms with Crippen LogP contribution in [0.4, 0.5) is 5.69 Å². The Morgan fingerprint density at radius 3 is 2.55 bits per heavy atom. The van der Waals surface area contributed by atoms with Crippen molar-refractivity contribution in [1.29, 1.82) is 0 Å². The first-order chi connectivity index (χ1) is 14.4. The molecule has 4 rings (SSSR count). The first-order valence-electron chi connectivity index (χ1n) is 9.92. The summed E-state index contributed by atoms with van der Waals surface area (Å²) in [6.07, 6.45) is 1.72. The maximum Gasteiger partial charge on any atom is 0.249 e. The van der Waals surface area contributed by atoms with E-state index in [-0.39, 0.29) is 12.5 Å². The summed E-state index contributed by atoms with van der Waals surface area (Å²) in [6.45, 7) is 4.86. The highest BCUT2D eigenvalue weighted by Crippen LogP contribution is 2.48. The second kappa shape index (κ2) is 7.79. The number of nitrogens with zero attached hydrogens (tertiary/aromatic N) is 1. The van der Waals surface area contributed by atoms with Crippen molar-refractivity contribution in [3.8, 4) is 5.75 Å². The van der Waals surface area contributed by atoms with E-state index in [0.717, 1.165) is 27.6 Å². The van der Waals surface area contributed by atoms with Crippen LogP contribution in [0.25, 0.3) is 0 Å². The van der Waals surface area contributed by atoms with Crippen LogP contribution in [0, 0.1) is 0 Å². The molecule has 0 unspecified atom stereocenters. The lowest BCUT2D eigenvalue weighted by molar-refractivity contribution is -0.181. The van der Waals surface area contributed by atoms with Gasteiger partial charge in [-0.25, -0.2) is 8.42 Å². The quantitative estimate of drug-likeness (QED) is 0.681. The molecule has 7 nitrogen and oxygen atoms in total. The van der Waals surface area contributed by atoms with E-state index in [4.69, 9.17) is 9.47 Å². The average molecular weight is 509 g/mol. The minimum Gasteiger partial charge on any atom is -0.487 e. The molecule has 1 atom stereocenters. The Bertz CT molecular complexity index is 1120. The van der Waals surface area contributed by atoms with Gasteiger partial charge in [0.05, 0.1) is 12.8 Å². The molecule has 2 aromatic carbocycles. The van der Waals surface area contributed by atoms with Crippen LogP contribution in [0.3, 0.4) is 0 Å². The zero-order valence-electron chi connectivity index (χ0n) is 17.6. The van der Waals surface area contributed by atoms with Crippen LogP contribution < -0.4 is 9.46 Å². The van der Waals surface area contributed by atoms with E-state index in [1.54, 1.807) is 17.0 Å². The Balaban J connectivity index is 1.60. The highest BCUT2D eigenvalue weighted by Gasteiger charge is 2.50. The van der Waals surface area contributed by atoms with Crippen LogP contribution in [-0.4, -0.2) is 44.2 Å². The Hall–Kier alpha value is -2.10. The number of amides is 1. The lowest BCUT2D eigenvalue weighted by atomic mass is 9.79. The van der Waals surface area contributed by atoms with Gasteiger partial charge < -0.3 is 14.4 Å². The largest absolute Gasteiger partial charge is 0.487 e. The molecule has 1 amide bonds. The summed E-state index contributed by atoms with van der Waals surface area (Å²) in [4.78, 5) is 14.5. The summed E-state index contributed by atoms with van der Waals surface area (Å²) in [7, 11) is -3.33. The molecular weight excluding hydrogens is 484 g/mol. The number of hydrogen-bond acceptors (Lipinski definition) is 5. The molecule has 2 aliphatic rings. The summed E-state index contributed by atoms with van der Waals surface area (Å²) < 4.78 is 38.6. The summed E-state index contributed by atoms with van der Waals surface area (Å²) in [5.74, 6) is 0.690. The molecule has 9 heteroatoms. The fraction of sp³-hybridized carbons (Fsp3) is 0.409. The Morgan fingerprint density at radius 1 is 1.16 bits per heavy atom. The fourth-order valence-electron chi connectivity index (χ4n) is 4.32. The average Bonchev–Trinajstić information content (AvgIpc) is 2.65. The number of fused-ring (bicyclic) bond motifs is 2. The third-order valence-electron chi connectivity index (χ3n) is 5.43. The van der Waals surface area contributed by atoms with Crippen molar-refractivity contribution < 1.29 is 22.7 Å². The number of halogens is 1. The van der Waals surface area contributed by atoms with Gasteiger partial charge in [-0.3, -0.25) is 9.52 Å². The minimum atomic E-state index is -3.33. The number of carbonyl (C=O) groups is 1. The normalized spacial score (nSPS) is 22.7. The van der Waals surface area contributed by atoms with Crippen LogP contribution in [0.15, 0.2) is 46.9 Å². The number of sulfonamides is 1. The van der Waals surface area contributed by atoms with Gasteiger partial charge in [0.25, 0.3) is 0 Å². The summed E-state index contributed by atoms with van der Waals surface area (Å²) in [5.41, 5.74) is 1.23. The fourth-order valence-corrected chi connectivity index (χ4v) is 5.25. The van der Waals surface area contributed by atoms with Gasteiger partial charge in [0.15, 0.2) is 0 Å². The van der Waals surface area contributed by atoms with Gasteiger partial charge in [-0.05, 0) is 49.7 Å². The first-order valence-corrected chi connectivity index (χ1v) is 12.6. The molecule has 2 heterocycles. The van der Waals surface area contributed by atoms with Crippen LogP contribution in [0.2, 0.25) is 0 Å². The van der Waals surface area contributed by atoms with Gasteiger partial charge in [-0.15, -0.1) is 0 Å².